The minimum absolute atomic E-state index is 0.0994. The van der Waals surface area contributed by atoms with Crippen molar-refractivity contribution < 1.29 is 13.9 Å². The first-order valence-corrected chi connectivity index (χ1v) is 10.3. The molecular weight excluding hydrogens is 382 g/mol. The van der Waals surface area contributed by atoms with Crippen LogP contribution in [0.1, 0.15) is 62.0 Å². The molecule has 0 saturated carbocycles. The standard InChI is InChI=1S/C22H29N5O3/c1-14(2)20-13-19(22-25-24-16(5)30-22)26-27(20)18-9-7-17(8-10-18)21(28)23-11-6-12-29-15(3)4/h7-10,13-15H,6,11-12H2,1-5H3,(H,23,28). The van der Waals surface area contributed by atoms with Gasteiger partial charge in [-0.25, -0.2) is 4.68 Å². The second kappa shape index (κ2) is 9.67. The van der Waals surface area contributed by atoms with Crippen LogP contribution in [0.5, 0.6) is 0 Å². The van der Waals surface area contributed by atoms with Gasteiger partial charge in [-0.05, 0) is 56.5 Å². The molecule has 0 radical (unpaired) electrons. The molecule has 1 amide bonds. The summed E-state index contributed by atoms with van der Waals surface area (Å²) in [6.07, 6.45) is 0.987. The number of hydrogen-bond donors (Lipinski definition) is 1. The van der Waals surface area contributed by atoms with E-state index in [0.717, 1.165) is 17.8 Å². The Morgan fingerprint density at radius 3 is 2.50 bits per heavy atom. The molecule has 30 heavy (non-hydrogen) atoms. The van der Waals surface area contributed by atoms with Crippen LogP contribution >= 0.6 is 0 Å². The summed E-state index contributed by atoms with van der Waals surface area (Å²) in [7, 11) is 0. The molecule has 0 aliphatic rings. The highest BCUT2D eigenvalue weighted by atomic mass is 16.5. The number of hydrogen-bond acceptors (Lipinski definition) is 6. The van der Waals surface area contributed by atoms with Crippen LogP contribution in [0.4, 0.5) is 0 Å². The molecule has 0 spiro atoms. The van der Waals surface area contributed by atoms with Gasteiger partial charge in [0.2, 0.25) is 5.89 Å². The van der Waals surface area contributed by atoms with E-state index in [1.54, 1.807) is 19.1 Å². The third-order valence-corrected chi connectivity index (χ3v) is 4.51. The van der Waals surface area contributed by atoms with E-state index >= 15 is 0 Å². The molecule has 0 atom stereocenters. The van der Waals surface area contributed by atoms with Gasteiger partial charge in [0.05, 0.1) is 11.8 Å². The van der Waals surface area contributed by atoms with Gasteiger partial charge in [-0.3, -0.25) is 4.79 Å². The van der Waals surface area contributed by atoms with Gasteiger partial charge in [0, 0.05) is 31.3 Å². The summed E-state index contributed by atoms with van der Waals surface area (Å²) in [6.45, 7) is 11.2. The van der Waals surface area contributed by atoms with Crippen LogP contribution in [0, 0.1) is 6.92 Å². The lowest BCUT2D eigenvalue weighted by Crippen LogP contribution is -2.25. The fourth-order valence-corrected chi connectivity index (χ4v) is 2.97. The number of nitrogens with zero attached hydrogens (tertiary/aromatic N) is 4. The first-order valence-electron chi connectivity index (χ1n) is 10.3. The van der Waals surface area contributed by atoms with Crippen molar-refractivity contribution in [2.75, 3.05) is 13.2 Å². The molecule has 3 aromatic rings. The van der Waals surface area contributed by atoms with Crippen molar-refractivity contribution in [3.63, 3.8) is 0 Å². The number of ether oxygens (including phenoxy) is 1. The fourth-order valence-electron chi connectivity index (χ4n) is 2.97. The largest absolute Gasteiger partial charge is 0.420 e. The van der Waals surface area contributed by atoms with Gasteiger partial charge in [-0.2, -0.15) is 5.10 Å². The molecule has 1 aromatic carbocycles. The Balaban J connectivity index is 1.71. The summed E-state index contributed by atoms with van der Waals surface area (Å²) >= 11 is 0. The first-order chi connectivity index (χ1) is 14.3. The van der Waals surface area contributed by atoms with Gasteiger partial charge in [0.25, 0.3) is 11.8 Å². The quantitative estimate of drug-likeness (QED) is 0.537. The number of nitrogens with one attached hydrogen (secondary N) is 1. The SMILES string of the molecule is Cc1nnc(-c2cc(C(C)C)n(-c3ccc(C(=O)NCCCOC(C)C)cc3)n2)o1. The van der Waals surface area contributed by atoms with Crippen LogP contribution in [0.3, 0.4) is 0 Å². The number of carbonyl (C=O) groups excluding carboxylic acids is 1. The summed E-state index contributed by atoms with van der Waals surface area (Å²) in [6, 6.07) is 9.34. The second-order valence-electron chi connectivity index (χ2n) is 7.72. The summed E-state index contributed by atoms with van der Waals surface area (Å²) in [5.74, 6) is 1.03. The summed E-state index contributed by atoms with van der Waals surface area (Å²) < 4.78 is 12.8. The van der Waals surface area contributed by atoms with E-state index in [1.807, 2.05) is 36.7 Å². The molecule has 1 N–H and O–H groups in total. The lowest BCUT2D eigenvalue weighted by atomic mass is 10.1. The summed E-state index contributed by atoms with van der Waals surface area (Å²) in [4.78, 5) is 12.4. The molecule has 3 rings (SSSR count). The molecule has 8 nitrogen and oxygen atoms in total. The molecule has 0 aliphatic carbocycles. The molecule has 0 aliphatic heterocycles. The topological polar surface area (TPSA) is 95.1 Å². The van der Waals surface area contributed by atoms with Gasteiger partial charge in [-0.15, -0.1) is 10.2 Å². The van der Waals surface area contributed by atoms with Gasteiger partial charge < -0.3 is 14.5 Å². The van der Waals surface area contributed by atoms with Crippen molar-refractivity contribution in [3.8, 4) is 17.3 Å². The van der Waals surface area contributed by atoms with E-state index in [2.05, 4.69) is 34.5 Å². The average Bonchev–Trinajstić information content (AvgIpc) is 3.34. The van der Waals surface area contributed by atoms with Crippen LogP contribution in [0.15, 0.2) is 34.7 Å². The Morgan fingerprint density at radius 2 is 1.90 bits per heavy atom. The highest BCUT2D eigenvalue weighted by Gasteiger charge is 2.17. The maximum Gasteiger partial charge on any atom is 0.268 e. The first kappa shape index (κ1) is 21.7. The zero-order valence-corrected chi connectivity index (χ0v) is 18.2. The molecule has 2 heterocycles. The van der Waals surface area contributed by atoms with E-state index in [9.17, 15) is 4.79 Å². The summed E-state index contributed by atoms with van der Waals surface area (Å²) in [5.41, 5.74) is 3.12. The number of aryl methyl sites for hydroxylation is 1. The van der Waals surface area contributed by atoms with E-state index in [1.165, 1.54) is 0 Å². The van der Waals surface area contributed by atoms with Crippen molar-refractivity contribution >= 4 is 5.91 Å². The van der Waals surface area contributed by atoms with Crippen LogP contribution in [0.25, 0.3) is 17.3 Å². The van der Waals surface area contributed by atoms with E-state index in [-0.39, 0.29) is 17.9 Å². The Morgan fingerprint density at radius 1 is 1.17 bits per heavy atom. The fraction of sp³-hybridized carbons (Fsp3) is 0.455. The Bertz CT molecular complexity index is 973. The molecule has 0 bridgehead atoms. The van der Waals surface area contributed by atoms with Crippen molar-refractivity contribution in [1.29, 1.82) is 0 Å². The molecule has 0 fully saturated rings. The van der Waals surface area contributed by atoms with Gasteiger partial charge in [-0.1, -0.05) is 13.8 Å². The Labute approximate surface area is 176 Å². The second-order valence-corrected chi connectivity index (χ2v) is 7.72. The zero-order chi connectivity index (χ0) is 21.7. The highest BCUT2D eigenvalue weighted by Crippen LogP contribution is 2.25. The van der Waals surface area contributed by atoms with Crippen LogP contribution in [-0.2, 0) is 4.74 Å². The zero-order valence-electron chi connectivity index (χ0n) is 18.2. The van der Waals surface area contributed by atoms with Gasteiger partial charge >= 0.3 is 0 Å². The number of amides is 1. The smallest absolute Gasteiger partial charge is 0.268 e. The molecule has 2 aromatic heterocycles. The maximum atomic E-state index is 12.4. The Kier molecular flexibility index (Phi) is 6.99. The maximum absolute atomic E-state index is 12.4. The van der Waals surface area contributed by atoms with Crippen molar-refractivity contribution in [2.24, 2.45) is 0 Å². The monoisotopic (exact) mass is 411 g/mol. The van der Waals surface area contributed by atoms with Crippen LogP contribution < -0.4 is 5.32 Å². The number of carbonyl (C=O) groups is 1. The highest BCUT2D eigenvalue weighted by molar-refractivity contribution is 5.94. The normalized spacial score (nSPS) is 11.4. The predicted octanol–water partition coefficient (Wildman–Crippen LogP) is 3.90. The van der Waals surface area contributed by atoms with Crippen LogP contribution in [-0.4, -0.2) is 45.1 Å². The van der Waals surface area contributed by atoms with Crippen LogP contribution in [0.2, 0.25) is 0 Å². The predicted molar refractivity (Wildman–Crippen MR) is 114 cm³/mol. The van der Waals surface area contributed by atoms with Crippen molar-refractivity contribution in [3.05, 3.63) is 47.5 Å². The third-order valence-electron chi connectivity index (χ3n) is 4.51. The average molecular weight is 412 g/mol. The number of aromatic nitrogens is 4. The molecule has 0 saturated heterocycles. The number of rotatable bonds is 9. The summed E-state index contributed by atoms with van der Waals surface area (Å²) in [5, 5.41) is 15.5. The number of benzene rings is 1. The Hall–Kier alpha value is -3.00. The lowest BCUT2D eigenvalue weighted by Gasteiger charge is -2.11. The molecule has 8 heteroatoms. The lowest BCUT2D eigenvalue weighted by molar-refractivity contribution is 0.0757. The molecular formula is C22H29N5O3. The molecule has 0 unspecified atom stereocenters. The van der Waals surface area contributed by atoms with Gasteiger partial charge in [0.15, 0.2) is 0 Å². The van der Waals surface area contributed by atoms with Crippen molar-refractivity contribution in [2.45, 2.75) is 53.1 Å². The van der Waals surface area contributed by atoms with Crippen molar-refractivity contribution in [1.82, 2.24) is 25.3 Å². The minimum Gasteiger partial charge on any atom is -0.420 e. The van der Waals surface area contributed by atoms with E-state index in [0.29, 0.717) is 36.2 Å². The minimum atomic E-state index is -0.0994. The third kappa shape index (κ3) is 5.33. The van der Waals surface area contributed by atoms with E-state index in [4.69, 9.17) is 9.15 Å². The van der Waals surface area contributed by atoms with Gasteiger partial charge in [0.1, 0.15) is 5.69 Å². The van der Waals surface area contributed by atoms with E-state index < -0.39 is 0 Å². The molecule has 160 valence electrons.